The lowest BCUT2D eigenvalue weighted by Gasteiger charge is -2.30. The molecular weight excluding hydrogens is 340 g/mol. The average Bonchev–Trinajstić information content (AvgIpc) is 3.40. The van der Waals surface area contributed by atoms with Crippen molar-refractivity contribution in [2.75, 3.05) is 39.3 Å². The number of ether oxygens (including phenoxy) is 1. The van der Waals surface area contributed by atoms with Crippen LogP contribution in [0.25, 0.3) is 0 Å². The van der Waals surface area contributed by atoms with Crippen LogP contribution in [0.5, 0.6) is 0 Å². The average molecular weight is 370 g/mol. The first-order valence-corrected chi connectivity index (χ1v) is 10.2. The molecule has 0 bridgehead atoms. The summed E-state index contributed by atoms with van der Waals surface area (Å²) in [6.07, 6.45) is 6.15. The number of carbonyl (C=O) groups excluding carboxylic acids is 1. The van der Waals surface area contributed by atoms with Crippen molar-refractivity contribution < 1.29 is 14.6 Å². The van der Waals surface area contributed by atoms with E-state index in [4.69, 9.17) is 4.74 Å². The molecule has 0 saturated carbocycles. The van der Waals surface area contributed by atoms with Gasteiger partial charge in [0.2, 0.25) is 0 Å². The largest absolute Gasteiger partial charge is 0.450 e. The van der Waals surface area contributed by atoms with Crippen LogP contribution < -0.4 is 0 Å². The molecule has 5 nitrogen and oxygen atoms in total. The number of benzene rings is 1. The molecule has 0 radical (unpaired) electrons. The Morgan fingerprint density at radius 1 is 1.26 bits per heavy atom. The van der Waals surface area contributed by atoms with E-state index in [2.05, 4.69) is 35.2 Å². The third-order valence-corrected chi connectivity index (χ3v) is 6.37. The summed E-state index contributed by atoms with van der Waals surface area (Å²) in [4.78, 5) is 16.3. The third-order valence-electron chi connectivity index (χ3n) is 6.37. The van der Waals surface area contributed by atoms with Crippen LogP contribution in [0, 0.1) is 5.92 Å². The van der Waals surface area contributed by atoms with Crippen LogP contribution >= 0.6 is 0 Å². The van der Waals surface area contributed by atoms with Crippen LogP contribution in [-0.4, -0.2) is 60.3 Å². The Morgan fingerprint density at radius 2 is 2.00 bits per heavy atom. The van der Waals surface area contributed by atoms with Gasteiger partial charge < -0.3 is 19.6 Å². The van der Waals surface area contributed by atoms with Gasteiger partial charge in [0.15, 0.2) is 0 Å². The molecule has 0 aromatic heterocycles. The van der Waals surface area contributed by atoms with Crippen molar-refractivity contribution in [3.8, 4) is 0 Å². The van der Waals surface area contributed by atoms with E-state index in [0.29, 0.717) is 26.1 Å². The van der Waals surface area contributed by atoms with Crippen molar-refractivity contribution in [1.82, 2.24) is 9.80 Å². The molecule has 2 unspecified atom stereocenters. The molecular formula is C22H30N2O3. The molecule has 1 aliphatic carbocycles. The molecule has 3 aliphatic rings. The van der Waals surface area contributed by atoms with Crippen molar-refractivity contribution in [3.63, 3.8) is 0 Å². The van der Waals surface area contributed by atoms with Gasteiger partial charge in [-0.3, -0.25) is 0 Å². The van der Waals surface area contributed by atoms with Gasteiger partial charge in [-0.2, -0.15) is 0 Å². The number of hydrogen-bond donors (Lipinski definition) is 1. The van der Waals surface area contributed by atoms with Crippen molar-refractivity contribution in [2.24, 2.45) is 5.92 Å². The van der Waals surface area contributed by atoms with Crippen LogP contribution in [0.4, 0.5) is 4.79 Å². The second kappa shape index (κ2) is 7.64. The number of rotatable bonds is 5. The molecule has 1 aromatic rings. The fourth-order valence-corrected chi connectivity index (χ4v) is 4.75. The Morgan fingerprint density at radius 3 is 2.70 bits per heavy atom. The second-order valence-corrected chi connectivity index (χ2v) is 8.04. The van der Waals surface area contributed by atoms with E-state index in [-0.39, 0.29) is 12.0 Å². The summed E-state index contributed by atoms with van der Waals surface area (Å²) < 4.78 is 5.12. The quantitative estimate of drug-likeness (QED) is 0.810. The van der Waals surface area contributed by atoms with Gasteiger partial charge >= 0.3 is 6.09 Å². The fraction of sp³-hybridized carbons (Fsp3) is 0.591. The Balaban J connectivity index is 1.41. The van der Waals surface area contributed by atoms with Crippen LogP contribution in [0.1, 0.15) is 37.3 Å². The van der Waals surface area contributed by atoms with E-state index in [0.717, 1.165) is 24.1 Å². The highest BCUT2D eigenvalue weighted by Crippen LogP contribution is 2.47. The normalized spacial score (nSPS) is 27.7. The first-order valence-electron chi connectivity index (χ1n) is 10.2. The zero-order valence-electron chi connectivity index (χ0n) is 16.2. The highest BCUT2D eigenvalue weighted by Gasteiger charge is 2.49. The molecule has 0 spiro atoms. The number of nitrogens with zero attached hydrogens (tertiary/aromatic N) is 2. The van der Waals surface area contributed by atoms with Gasteiger partial charge in [0, 0.05) is 25.6 Å². The van der Waals surface area contributed by atoms with E-state index in [1.54, 1.807) is 4.90 Å². The summed E-state index contributed by atoms with van der Waals surface area (Å²) in [7, 11) is 0. The van der Waals surface area contributed by atoms with Crippen LogP contribution in [0.2, 0.25) is 0 Å². The number of hydrogen-bond acceptors (Lipinski definition) is 4. The fourth-order valence-electron chi connectivity index (χ4n) is 4.75. The highest BCUT2D eigenvalue weighted by atomic mass is 16.6. The van der Waals surface area contributed by atoms with Gasteiger partial charge in [0.25, 0.3) is 0 Å². The first kappa shape index (κ1) is 18.5. The smallest absolute Gasteiger partial charge is 0.410 e. The van der Waals surface area contributed by atoms with Gasteiger partial charge in [0.1, 0.15) is 5.60 Å². The minimum absolute atomic E-state index is 0.0302. The van der Waals surface area contributed by atoms with Crippen molar-refractivity contribution in [1.29, 1.82) is 0 Å². The number of amides is 1. The van der Waals surface area contributed by atoms with Crippen molar-refractivity contribution >= 4 is 6.09 Å². The standard InChI is InChI=1S/C22H30N2O3/c1-2-27-21(25)24-15-18-9-11-22(26,20(18)16-24)19-7-5-17(6-8-19)10-14-23-12-3-4-13-23/h5-9,20,26H,2-4,10-16H2,1H3. The lowest BCUT2D eigenvalue weighted by molar-refractivity contribution is 0.00294. The summed E-state index contributed by atoms with van der Waals surface area (Å²) >= 11 is 0. The zero-order chi connectivity index (χ0) is 18.9. The Hall–Kier alpha value is -1.85. The topological polar surface area (TPSA) is 53.0 Å². The Labute approximate surface area is 161 Å². The van der Waals surface area contributed by atoms with Gasteiger partial charge in [-0.25, -0.2) is 4.79 Å². The summed E-state index contributed by atoms with van der Waals surface area (Å²) in [5, 5.41) is 11.4. The summed E-state index contributed by atoms with van der Waals surface area (Å²) in [6.45, 7) is 6.86. The van der Waals surface area contributed by atoms with Gasteiger partial charge in [-0.05, 0) is 62.4 Å². The Bertz CT molecular complexity index is 709. The minimum atomic E-state index is -0.913. The predicted molar refractivity (Wildman–Crippen MR) is 105 cm³/mol. The molecule has 27 heavy (non-hydrogen) atoms. The van der Waals surface area contributed by atoms with Crippen LogP contribution in [0.15, 0.2) is 35.9 Å². The first-order chi connectivity index (χ1) is 13.1. The third kappa shape index (κ3) is 3.63. The van der Waals surface area contributed by atoms with E-state index in [1.807, 2.05) is 6.92 Å². The van der Waals surface area contributed by atoms with Gasteiger partial charge in [0.05, 0.1) is 6.61 Å². The highest BCUT2D eigenvalue weighted by molar-refractivity contribution is 5.69. The van der Waals surface area contributed by atoms with Crippen molar-refractivity contribution in [3.05, 3.63) is 47.0 Å². The van der Waals surface area contributed by atoms with Crippen molar-refractivity contribution in [2.45, 2.75) is 38.2 Å². The predicted octanol–water partition coefficient (Wildman–Crippen LogP) is 2.93. The maximum atomic E-state index is 12.0. The maximum Gasteiger partial charge on any atom is 0.410 e. The molecule has 1 amide bonds. The molecule has 1 aromatic carbocycles. The molecule has 5 heteroatoms. The molecule has 146 valence electrons. The molecule has 2 fully saturated rings. The molecule has 2 heterocycles. The second-order valence-electron chi connectivity index (χ2n) is 8.04. The molecule has 2 atom stereocenters. The number of carbonyl (C=O) groups is 1. The van der Waals surface area contributed by atoms with Crippen LogP contribution in [0.3, 0.4) is 0 Å². The van der Waals surface area contributed by atoms with E-state index in [9.17, 15) is 9.90 Å². The molecule has 1 N–H and O–H groups in total. The Kier molecular flexibility index (Phi) is 5.24. The minimum Gasteiger partial charge on any atom is -0.450 e. The number of fused-ring (bicyclic) bond motifs is 1. The monoisotopic (exact) mass is 370 g/mol. The molecule has 2 aliphatic heterocycles. The van der Waals surface area contributed by atoms with E-state index >= 15 is 0 Å². The molecule has 4 rings (SSSR count). The lowest BCUT2D eigenvalue weighted by Crippen LogP contribution is -2.36. The summed E-state index contributed by atoms with van der Waals surface area (Å²) in [5.41, 5.74) is 2.52. The van der Waals surface area contributed by atoms with Gasteiger partial charge in [-0.15, -0.1) is 0 Å². The van der Waals surface area contributed by atoms with Crippen LogP contribution in [-0.2, 0) is 16.8 Å². The lowest BCUT2D eigenvalue weighted by atomic mass is 9.81. The zero-order valence-corrected chi connectivity index (χ0v) is 16.2. The maximum absolute atomic E-state index is 12.0. The summed E-state index contributed by atoms with van der Waals surface area (Å²) in [6, 6.07) is 8.45. The molecule has 2 saturated heterocycles. The van der Waals surface area contributed by atoms with Gasteiger partial charge in [-0.1, -0.05) is 30.3 Å². The number of likely N-dealkylation sites (tertiary alicyclic amines) is 2. The number of aliphatic hydroxyl groups is 1. The van der Waals surface area contributed by atoms with E-state index in [1.165, 1.54) is 31.5 Å². The summed E-state index contributed by atoms with van der Waals surface area (Å²) in [5.74, 6) is -0.0302. The van der Waals surface area contributed by atoms with E-state index < -0.39 is 5.60 Å². The SMILES string of the molecule is CCOC(=O)N1CC2=CCC(O)(c3ccc(CCN4CCCC4)cc3)C2C1.